The maximum Gasteiger partial charge on any atom is 0.0175 e. The van der Waals surface area contributed by atoms with Crippen molar-refractivity contribution >= 4 is 26.7 Å². The lowest BCUT2D eigenvalue weighted by atomic mass is 9.93. The van der Waals surface area contributed by atoms with Crippen molar-refractivity contribution < 1.29 is 0 Å². The van der Waals surface area contributed by atoms with Crippen LogP contribution in [-0.2, 0) is 0 Å². The Balaban J connectivity index is 1.89. The molecule has 0 aliphatic heterocycles. The topological polar surface area (TPSA) is 0 Å². The van der Waals surface area contributed by atoms with Crippen LogP contribution in [-0.4, -0.2) is 0 Å². The molecule has 0 fully saturated rings. The van der Waals surface area contributed by atoms with Crippen LogP contribution < -0.4 is 0 Å². The molecule has 0 nitrogen and oxygen atoms in total. The molecule has 110 valence electrons. The standard InChI is InChI=1S/C22H15Br/c23-20-13-11-17(12-14-20)21-7-3-4-8-22(21)19-10-9-16-5-1-2-6-18(16)15-19/h1-15H. The number of fused-ring (bicyclic) bond motifs is 1. The van der Waals surface area contributed by atoms with E-state index in [4.69, 9.17) is 0 Å². The molecular formula is C22H15Br. The normalized spacial score (nSPS) is 10.8. The Kier molecular flexibility index (Phi) is 3.72. The van der Waals surface area contributed by atoms with Gasteiger partial charge in [0, 0.05) is 4.47 Å². The highest BCUT2D eigenvalue weighted by Crippen LogP contribution is 2.34. The summed E-state index contributed by atoms with van der Waals surface area (Å²) >= 11 is 3.51. The fraction of sp³-hybridized carbons (Fsp3) is 0. The molecule has 0 radical (unpaired) electrons. The first-order chi connectivity index (χ1) is 11.3. The third-order valence-electron chi connectivity index (χ3n) is 4.14. The van der Waals surface area contributed by atoms with E-state index in [0.717, 1.165) is 4.47 Å². The average Bonchev–Trinajstić information content (AvgIpc) is 2.62. The SMILES string of the molecule is Brc1ccc(-c2ccccc2-c2ccc3ccccc3c2)cc1. The van der Waals surface area contributed by atoms with Gasteiger partial charge in [-0.15, -0.1) is 0 Å². The lowest BCUT2D eigenvalue weighted by Crippen LogP contribution is -1.85. The van der Waals surface area contributed by atoms with Crippen LogP contribution in [0, 0.1) is 0 Å². The van der Waals surface area contributed by atoms with Gasteiger partial charge >= 0.3 is 0 Å². The highest BCUT2D eigenvalue weighted by atomic mass is 79.9. The summed E-state index contributed by atoms with van der Waals surface area (Å²) in [6.07, 6.45) is 0. The molecule has 0 aliphatic rings. The first kappa shape index (κ1) is 14.2. The Morgan fingerprint density at radius 1 is 0.478 bits per heavy atom. The van der Waals surface area contributed by atoms with Gasteiger partial charge in [-0.1, -0.05) is 88.7 Å². The van der Waals surface area contributed by atoms with Crippen LogP contribution in [0.2, 0.25) is 0 Å². The van der Waals surface area contributed by atoms with Crippen molar-refractivity contribution in [2.75, 3.05) is 0 Å². The molecule has 4 rings (SSSR count). The number of hydrogen-bond acceptors (Lipinski definition) is 0. The van der Waals surface area contributed by atoms with Crippen LogP contribution in [0.4, 0.5) is 0 Å². The van der Waals surface area contributed by atoms with Crippen molar-refractivity contribution in [3.63, 3.8) is 0 Å². The van der Waals surface area contributed by atoms with Gasteiger partial charge in [0.1, 0.15) is 0 Å². The second-order valence-corrected chi connectivity index (χ2v) is 6.53. The molecule has 0 aromatic heterocycles. The largest absolute Gasteiger partial charge is 0.0616 e. The maximum absolute atomic E-state index is 3.51. The van der Waals surface area contributed by atoms with Crippen molar-refractivity contribution in [3.05, 3.63) is 95.5 Å². The summed E-state index contributed by atoms with van der Waals surface area (Å²) < 4.78 is 1.10. The van der Waals surface area contributed by atoms with Gasteiger partial charge in [-0.25, -0.2) is 0 Å². The Bertz CT molecular complexity index is 968. The van der Waals surface area contributed by atoms with Crippen LogP contribution in [0.25, 0.3) is 33.0 Å². The van der Waals surface area contributed by atoms with E-state index in [1.807, 2.05) is 0 Å². The van der Waals surface area contributed by atoms with E-state index in [1.54, 1.807) is 0 Å². The van der Waals surface area contributed by atoms with Crippen LogP contribution in [0.15, 0.2) is 95.5 Å². The van der Waals surface area contributed by atoms with Crippen molar-refractivity contribution in [2.45, 2.75) is 0 Å². The molecule has 1 heteroatoms. The van der Waals surface area contributed by atoms with Crippen molar-refractivity contribution in [1.82, 2.24) is 0 Å². The summed E-state index contributed by atoms with van der Waals surface area (Å²) in [4.78, 5) is 0. The molecule has 0 amide bonds. The summed E-state index contributed by atoms with van der Waals surface area (Å²) in [7, 11) is 0. The Hall–Kier alpha value is -2.38. The number of benzene rings is 4. The van der Waals surface area contributed by atoms with E-state index in [0.29, 0.717) is 0 Å². The summed E-state index contributed by atoms with van der Waals surface area (Å²) in [5, 5.41) is 2.55. The molecule has 0 bridgehead atoms. The summed E-state index contributed by atoms with van der Waals surface area (Å²) in [6.45, 7) is 0. The molecule has 4 aromatic rings. The number of hydrogen-bond donors (Lipinski definition) is 0. The lowest BCUT2D eigenvalue weighted by molar-refractivity contribution is 1.58. The monoisotopic (exact) mass is 358 g/mol. The minimum Gasteiger partial charge on any atom is -0.0616 e. The second kappa shape index (κ2) is 6.02. The molecule has 0 saturated heterocycles. The molecule has 0 heterocycles. The highest BCUT2D eigenvalue weighted by Gasteiger charge is 2.07. The number of halogens is 1. The minimum absolute atomic E-state index is 1.10. The van der Waals surface area contributed by atoms with Gasteiger partial charge in [0.2, 0.25) is 0 Å². The Morgan fingerprint density at radius 3 is 1.78 bits per heavy atom. The lowest BCUT2D eigenvalue weighted by Gasteiger charge is -2.11. The molecule has 4 aromatic carbocycles. The van der Waals surface area contributed by atoms with E-state index in [9.17, 15) is 0 Å². The molecule has 0 spiro atoms. The van der Waals surface area contributed by atoms with Crippen LogP contribution in [0.3, 0.4) is 0 Å². The highest BCUT2D eigenvalue weighted by molar-refractivity contribution is 9.10. The Labute approximate surface area is 144 Å². The van der Waals surface area contributed by atoms with E-state index < -0.39 is 0 Å². The van der Waals surface area contributed by atoms with E-state index in [2.05, 4.69) is 107 Å². The van der Waals surface area contributed by atoms with Gasteiger partial charge in [-0.2, -0.15) is 0 Å². The first-order valence-electron chi connectivity index (χ1n) is 7.65. The summed E-state index contributed by atoms with van der Waals surface area (Å²) in [6, 6.07) is 32.2. The van der Waals surface area contributed by atoms with Gasteiger partial charge in [-0.3, -0.25) is 0 Å². The van der Waals surface area contributed by atoms with Gasteiger partial charge in [-0.05, 0) is 51.2 Å². The molecule has 0 unspecified atom stereocenters. The quantitative estimate of drug-likeness (QED) is 0.364. The maximum atomic E-state index is 3.51. The molecule has 0 N–H and O–H groups in total. The van der Waals surface area contributed by atoms with Crippen molar-refractivity contribution in [2.24, 2.45) is 0 Å². The molecule has 0 atom stereocenters. The zero-order valence-corrected chi connectivity index (χ0v) is 14.1. The number of rotatable bonds is 2. The molecule has 23 heavy (non-hydrogen) atoms. The summed E-state index contributed by atoms with van der Waals surface area (Å²) in [5.41, 5.74) is 5.01. The zero-order valence-electron chi connectivity index (χ0n) is 12.5. The molecule has 0 aliphatic carbocycles. The van der Waals surface area contributed by atoms with Gasteiger partial charge in [0.15, 0.2) is 0 Å². The Morgan fingerprint density at radius 2 is 1.04 bits per heavy atom. The fourth-order valence-corrected chi connectivity index (χ4v) is 3.24. The van der Waals surface area contributed by atoms with Crippen LogP contribution in [0.5, 0.6) is 0 Å². The molecule has 0 saturated carbocycles. The molecular weight excluding hydrogens is 344 g/mol. The third kappa shape index (κ3) is 2.80. The van der Waals surface area contributed by atoms with Crippen molar-refractivity contribution in [1.29, 1.82) is 0 Å². The zero-order chi connectivity index (χ0) is 15.6. The third-order valence-corrected chi connectivity index (χ3v) is 4.67. The van der Waals surface area contributed by atoms with Crippen molar-refractivity contribution in [3.8, 4) is 22.3 Å². The van der Waals surface area contributed by atoms with Crippen LogP contribution >= 0.6 is 15.9 Å². The fourth-order valence-electron chi connectivity index (χ4n) is 2.97. The average molecular weight is 359 g/mol. The second-order valence-electron chi connectivity index (χ2n) is 5.61. The van der Waals surface area contributed by atoms with Gasteiger partial charge in [0.05, 0.1) is 0 Å². The smallest absolute Gasteiger partial charge is 0.0175 e. The predicted molar refractivity (Wildman–Crippen MR) is 103 cm³/mol. The first-order valence-corrected chi connectivity index (χ1v) is 8.45. The van der Waals surface area contributed by atoms with E-state index in [-0.39, 0.29) is 0 Å². The predicted octanol–water partition coefficient (Wildman–Crippen LogP) is 6.94. The van der Waals surface area contributed by atoms with Gasteiger partial charge in [0.25, 0.3) is 0 Å². The minimum atomic E-state index is 1.10. The van der Waals surface area contributed by atoms with Crippen LogP contribution in [0.1, 0.15) is 0 Å². The van der Waals surface area contributed by atoms with E-state index in [1.165, 1.54) is 33.0 Å². The summed E-state index contributed by atoms with van der Waals surface area (Å²) in [5.74, 6) is 0. The van der Waals surface area contributed by atoms with E-state index >= 15 is 0 Å². The van der Waals surface area contributed by atoms with Gasteiger partial charge < -0.3 is 0 Å².